The fourth-order valence-electron chi connectivity index (χ4n) is 2.69. The molecule has 2 rings (SSSR count). The number of nitrogen functional groups attached to an aromatic ring is 1. The molecule has 168 valence electrons. The highest BCUT2D eigenvalue weighted by molar-refractivity contribution is 5.73. The fraction of sp³-hybridized carbons (Fsp3) is 0.435. The number of nitrogens with two attached hydrogens (primary N) is 1. The van der Waals surface area contributed by atoms with Gasteiger partial charge in [0.2, 0.25) is 0 Å². The summed E-state index contributed by atoms with van der Waals surface area (Å²) in [6.07, 6.45) is -1.22. The number of hydrogen-bond acceptors (Lipinski definition) is 6. The van der Waals surface area contributed by atoms with Gasteiger partial charge in [0.1, 0.15) is 11.2 Å². The van der Waals surface area contributed by atoms with E-state index < -0.39 is 29.4 Å². The highest BCUT2D eigenvalue weighted by Gasteiger charge is 2.24. The predicted molar refractivity (Wildman–Crippen MR) is 120 cm³/mol. The van der Waals surface area contributed by atoms with Crippen molar-refractivity contribution in [1.29, 1.82) is 0 Å². The van der Waals surface area contributed by atoms with Crippen LogP contribution in [-0.2, 0) is 9.47 Å². The van der Waals surface area contributed by atoms with Gasteiger partial charge in [0.05, 0.1) is 23.1 Å². The van der Waals surface area contributed by atoms with Crippen molar-refractivity contribution < 1.29 is 19.1 Å². The van der Waals surface area contributed by atoms with E-state index in [1.165, 1.54) is 0 Å². The van der Waals surface area contributed by atoms with Crippen LogP contribution in [0.2, 0.25) is 0 Å². The topological polar surface area (TPSA) is 116 Å². The second kappa shape index (κ2) is 9.68. The second-order valence-electron chi connectivity index (χ2n) is 9.12. The molecule has 1 aromatic heterocycles. The van der Waals surface area contributed by atoms with Gasteiger partial charge in [0.15, 0.2) is 0 Å². The van der Waals surface area contributed by atoms with Crippen LogP contribution < -0.4 is 16.4 Å². The maximum atomic E-state index is 12.4. The SMILES string of the molecule is CC(C)(C)OC(=O)NCC(NC(=O)OC(C)(C)C)c1ccc(N)c(-c2ccccc2)n1. The van der Waals surface area contributed by atoms with Gasteiger partial charge in [0.25, 0.3) is 0 Å². The van der Waals surface area contributed by atoms with E-state index in [1.54, 1.807) is 53.7 Å². The Kier molecular flexibility index (Phi) is 7.49. The fourth-order valence-corrected chi connectivity index (χ4v) is 2.69. The number of hydrogen-bond donors (Lipinski definition) is 3. The molecule has 0 aliphatic rings. The minimum Gasteiger partial charge on any atom is -0.444 e. The molecule has 0 radical (unpaired) electrons. The van der Waals surface area contributed by atoms with E-state index in [2.05, 4.69) is 15.6 Å². The summed E-state index contributed by atoms with van der Waals surface area (Å²) in [5.41, 5.74) is 7.29. The van der Waals surface area contributed by atoms with Crippen LogP contribution in [0.3, 0.4) is 0 Å². The number of pyridine rings is 1. The van der Waals surface area contributed by atoms with Gasteiger partial charge in [-0.05, 0) is 53.7 Å². The van der Waals surface area contributed by atoms with Crippen molar-refractivity contribution in [1.82, 2.24) is 15.6 Å². The van der Waals surface area contributed by atoms with Crippen LogP contribution >= 0.6 is 0 Å². The summed E-state index contributed by atoms with van der Waals surface area (Å²) in [5, 5.41) is 5.45. The summed E-state index contributed by atoms with van der Waals surface area (Å²) >= 11 is 0. The van der Waals surface area contributed by atoms with Crippen molar-refractivity contribution in [2.24, 2.45) is 0 Å². The lowest BCUT2D eigenvalue weighted by molar-refractivity contribution is 0.0462. The van der Waals surface area contributed by atoms with E-state index in [0.29, 0.717) is 17.1 Å². The quantitative estimate of drug-likeness (QED) is 0.649. The molecule has 0 aliphatic heterocycles. The van der Waals surface area contributed by atoms with E-state index in [0.717, 1.165) is 5.56 Å². The average molecular weight is 429 g/mol. The summed E-state index contributed by atoms with van der Waals surface area (Å²) < 4.78 is 10.7. The summed E-state index contributed by atoms with van der Waals surface area (Å²) in [7, 11) is 0. The normalized spacial score (nSPS) is 12.6. The van der Waals surface area contributed by atoms with E-state index in [1.807, 2.05) is 30.3 Å². The molecule has 4 N–H and O–H groups in total. The smallest absolute Gasteiger partial charge is 0.408 e. The Morgan fingerprint density at radius 1 is 0.935 bits per heavy atom. The minimum absolute atomic E-state index is 0.0549. The molecule has 1 aromatic carbocycles. The van der Waals surface area contributed by atoms with Crippen LogP contribution in [0, 0.1) is 0 Å². The number of benzene rings is 1. The molecule has 31 heavy (non-hydrogen) atoms. The largest absolute Gasteiger partial charge is 0.444 e. The average Bonchev–Trinajstić information content (AvgIpc) is 2.63. The number of alkyl carbamates (subject to hydrolysis) is 2. The summed E-state index contributed by atoms with van der Waals surface area (Å²) in [4.78, 5) is 29.2. The third-order valence-corrected chi connectivity index (χ3v) is 3.89. The van der Waals surface area contributed by atoms with E-state index in [9.17, 15) is 9.59 Å². The van der Waals surface area contributed by atoms with Gasteiger partial charge >= 0.3 is 12.2 Å². The number of carbonyl (C=O) groups is 2. The monoisotopic (exact) mass is 428 g/mol. The lowest BCUT2D eigenvalue weighted by atomic mass is 10.1. The van der Waals surface area contributed by atoms with Gasteiger partial charge in [-0.1, -0.05) is 30.3 Å². The molecule has 0 saturated carbocycles. The molecule has 0 aliphatic carbocycles. The Labute approximate surface area is 183 Å². The van der Waals surface area contributed by atoms with Gasteiger partial charge in [-0.15, -0.1) is 0 Å². The van der Waals surface area contributed by atoms with Crippen LogP contribution in [0.4, 0.5) is 15.3 Å². The molecule has 1 atom stereocenters. The summed E-state index contributed by atoms with van der Waals surface area (Å²) in [5.74, 6) is 0. The van der Waals surface area contributed by atoms with E-state index in [-0.39, 0.29) is 6.54 Å². The van der Waals surface area contributed by atoms with Gasteiger partial charge in [-0.25, -0.2) is 14.6 Å². The molecular weight excluding hydrogens is 396 g/mol. The molecule has 8 nitrogen and oxygen atoms in total. The molecule has 0 bridgehead atoms. The number of amides is 2. The number of ether oxygens (including phenoxy) is 2. The zero-order valence-electron chi connectivity index (χ0n) is 19.0. The molecule has 8 heteroatoms. The first-order valence-electron chi connectivity index (χ1n) is 10.1. The molecule has 0 fully saturated rings. The van der Waals surface area contributed by atoms with E-state index >= 15 is 0 Å². The maximum Gasteiger partial charge on any atom is 0.408 e. The molecular formula is C23H32N4O4. The minimum atomic E-state index is -0.670. The maximum absolute atomic E-state index is 12.4. The Bertz CT molecular complexity index is 902. The highest BCUT2D eigenvalue weighted by atomic mass is 16.6. The molecule has 2 amide bonds. The van der Waals surface area contributed by atoms with Crippen molar-refractivity contribution >= 4 is 17.9 Å². The van der Waals surface area contributed by atoms with Gasteiger partial charge in [-0.2, -0.15) is 0 Å². The number of aromatic nitrogens is 1. The van der Waals surface area contributed by atoms with Crippen LogP contribution in [0.1, 0.15) is 53.3 Å². The highest BCUT2D eigenvalue weighted by Crippen LogP contribution is 2.25. The van der Waals surface area contributed by atoms with E-state index in [4.69, 9.17) is 15.2 Å². The summed E-state index contributed by atoms with van der Waals surface area (Å²) in [6.45, 7) is 10.7. The molecule has 0 spiro atoms. The first-order valence-corrected chi connectivity index (χ1v) is 10.1. The van der Waals surface area contributed by atoms with Gasteiger partial charge in [-0.3, -0.25) is 0 Å². The first-order chi connectivity index (χ1) is 14.3. The van der Waals surface area contributed by atoms with Crippen molar-refractivity contribution in [3.8, 4) is 11.3 Å². The number of carbonyl (C=O) groups excluding carboxylic acids is 2. The van der Waals surface area contributed by atoms with Crippen LogP contribution in [0.15, 0.2) is 42.5 Å². The lowest BCUT2D eigenvalue weighted by Crippen LogP contribution is -2.42. The molecule has 2 aromatic rings. The number of anilines is 1. The van der Waals surface area contributed by atoms with Crippen molar-refractivity contribution in [3.63, 3.8) is 0 Å². The van der Waals surface area contributed by atoms with Crippen LogP contribution in [0.25, 0.3) is 11.3 Å². The Hall–Kier alpha value is -3.29. The third-order valence-electron chi connectivity index (χ3n) is 3.89. The predicted octanol–water partition coefficient (Wildman–Crippen LogP) is 4.42. The first kappa shape index (κ1) is 24.0. The van der Waals surface area contributed by atoms with Gasteiger partial charge < -0.3 is 25.8 Å². The Morgan fingerprint density at radius 3 is 2.10 bits per heavy atom. The van der Waals surface area contributed by atoms with Crippen molar-refractivity contribution in [2.45, 2.75) is 58.8 Å². The van der Waals surface area contributed by atoms with Crippen molar-refractivity contribution in [2.75, 3.05) is 12.3 Å². The van der Waals surface area contributed by atoms with Crippen LogP contribution in [0.5, 0.6) is 0 Å². The standard InChI is InChI=1S/C23H32N4O4/c1-22(2,3)30-20(28)25-14-18(27-21(29)31-23(4,5)6)17-13-12-16(24)19(26-17)15-10-8-7-9-11-15/h7-13,18H,14,24H2,1-6H3,(H,25,28)(H,27,29). The molecule has 1 unspecified atom stereocenters. The van der Waals surface area contributed by atoms with Gasteiger partial charge in [0, 0.05) is 12.1 Å². The molecule has 0 saturated heterocycles. The number of nitrogens with zero attached hydrogens (tertiary/aromatic N) is 1. The zero-order valence-corrected chi connectivity index (χ0v) is 19.0. The number of rotatable bonds is 5. The number of nitrogens with one attached hydrogen (secondary N) is 2. The molecule has 1 heterocycles. The lowest BCUT2D eigenvalue weighted by Gasteiger charge is -2.25. The third kappa shape index (κ3) is 8.16. The Morgan fingerprint density at radius 2 is 1.52 bits per heavy atom. The van der Waals surface area contributed by atoms with Crippen molar-refractivity contribution in [3.05, 3.63) is 48.2 Å². The Balaban J connectivity index is 2.28. The second-order valence-corrected chi connectivity index (χ2v) is 9.12. The summed E-state index contributed by atoms with van der Waals surface area (Å²) in [6, 6.07) is 12.3. The van der Waals surface area contributed by atoms with Crippen LogP contribution in [-0.4, -0.2) is 34.9 Å². The zero-order chi connectivity index (χ0) is 23.2.